The lowest BCUT2D eigenvalue weighted by molar-refractivity contribution is -0.155. The molecule has 0 aliphatic heterocycles. The maximum atomic E-state index is 12.0. The Morgan fingerprint density at radius 2 is 1.70 bits per heavy atom. The Kier molecular flexibility index (Phi) is 5.35. The Morgan fingerprint density at radius 3 is 2.15 bits per heavy atom. The van der Waals surface area contributed by atoms with Gasteiger partial charge in [0.1, 0.15) is 5.60 Å². The van der Waals surface area contributed by atoms with Crippen LogP contribution in [0.3, 0.4) is 0 Å². The largest absolute Gasteiger partial charge is 0.460 e. The summed E-state index contributed by atoms with van der Waals surface area (Å²) in [5.41, 5.74) is -0.240. The van der Waals surface area contributed by atoms with Crippen molar-refractivity contribution in [2.75, 3.05) is 0 Å². The van der Waals surface area contributed by atoms with E-state index in [4.69, 9.17) is 4.74 Å². The summed E-state index contributed by atoms with van der Waals surface area (Å²) < 4.78 is 5.38. The van der Waals surface area contributed by atoms with Crippen LogP contribution in [0, 0.1) is 0 Å². The molecule has 3 heteroatoms. The number of rotatable bonds is 5. The number of benzene rings is 1. The van der Waals surface area contributed by atoms with E-state index in [0.717, 1.165) is 5.56 Å². The van der Waals surface area contributed by atoms with Crippen LogP contribution in [0.25, 0.3) is 0 Å². The minimum Gasteiger partial charge on any atom is -0.460 e. The fourth-order valence-corrected chi connectivity index (χ4v) is 2.22. The highest BCUT2D eigenvalue weighted by Crippen LogP contribution is 2.30. The molecule has 0 unspecified atom stereocenters. The van der Waals surface area contributed by atoms with Crippen molar-refractivity contribution in [3.05, 3.63) is 35.9 Å². The van der Waals surface area contributed by atoms with Gasteiger partial charge in [-0.15, -0.1) is 0 Å². The zero-order valence-electron chi connectivity index (χ0n) is 13.1. The van der Waals surface area contributed by atoms with Crippen molar-refractivity contribution in [2.24, 2.45) is 0 Å². The second kappa shape index (κ2) is 6.40. The Balaban J connectivity index is 2.82. The molecule has 112 valence electrons. The van der Waals surface area contributed by atoms with Crippen LogP contribution in [-0.4, -0.2) is 22.3 Å². The van der Waals surface area contributed by atoms with Crippen LogP contribution in [0.15, 0.2) is 30.3 Å². The number of aliphatic hydroxyl groups is 1. The molecule has 0 saturated carbocycles. The number of carbonyl (C=O) groups is 1. The van der Waals surface area contributed by atoms with Crippen molar-refractivity contribution in [2.45, 2.75) is 64.6 Å². The third kappa shape index (κ3) is 6.71. The summed E-state index contributed by atoms with van der Waals surface area (Å²) in [6, 6.07) is 9.81. The van der Waals surface area contributed by atoms with Crippen LogP contribution in [0.5, 0.6) is 0 Å². The first-order valence-corrected chi connectivity index (χ1v) is 7.06. The highest BCUT2D eigenvalue weighted by molar-refractivity contribution is 5.71. The normalized spacial score (nSPS) is 13.9. The van der Waals surface area contributed by atoms with Gasteiger partial charge in [-0.2, -0.15) is 0 Å². The molecule has 0 radical (unpaired) electrons. The molecule has 0 aliphatic rings. The molecule has 3 nitrogen and oxygen atoms in total. The van der Waals surface area contributed by atoms with Crippen LogP contribution in [-0.2, 0) is 9.53 Å². The first-order chi connectivity index (χ1) is 9.07. The first kappa shape index (κ1) is 16.7. The van der Waals surface area contributed by atoms with E-state index in [1.165, 1.54) is 0 Å². The van der Waals surface area contributed by atoms with Crippen molar-refractivity contribution in [3.8, 4) is 0 Å². The molecule has 0 fully saturated rings. The Hall–Kier alpha value is -1.35. The standard InChI is InChI=1S/C17H26O3/c1-16(2,3)20-15(18)11-14(12-17(4,5)19)13-9-7-6-8-10-13/h6-10,14,19H,11-12H2,1-5H3/t14-/m0/s1. The van der Waals surface area contributed by atoms with E-state index in [9.17, 15) is 9.90 Å². The van der Waals surface area contributed by atoms with E-state index in [2.05, 4.69) is 0 Å². The zero-order chi connectivity index (χ0) is 15.4. The van der Waals surface area contributed by atoms with Crippen molar-refractivity contribution in [1.82, 2.24) is 0 Å². The van der Waals surface area contributed by atoms with E-state index < -0.39 is 11.2 Å². The highest BCUT2D eigenvalue weighted by Gasteiger charge is 2.26. The molecule has 1 rings (SSSR count). The summed E-state index contributed by atoms with van der Waals surface area (Å²) in [5.74, 6) is -0.262. The summed E-state index contributed by atoms with van der Waals surface area (Å²) in [6.45, 7) is 9.10. The third-order valence-electron chi connectivity index (χ3n) is 2.85. The maximum absolute atomic E-state index is 12.0. The van der Waals surface area contributed by atoms with Crippen LogP contribution in [0.2, 0.25) is 0 Å². The Bertz CT molecular complexity index is 424. The van der Waals surface area contributed by atoms with Crippen LogP contribution in [0.4, 0.5) is 0 Å². The second-order valence-corrected chi connectivity index (χ2v) is 6.91. The van der Waals surface area contributed by atoms with Crippen molar-refractivity contribution < 1.29 is 14.6 Å². The van der Waals surface area contributed by atoms with Crippen molar-refractivity contribution in [3.63, 3.8) is 0 Å². The summed E-state index contributed by atoms with van der Waals surface area (Å²) >= 11 is 0. The zero-order valence-corrected chi connectivity index (χ0v) is 13.1. The fraction of sp³-hybridized carbons (Fsp3) is 0.588. The van der Waals surface area contributed by atoms with Gasteiger partial charge in [-0.25, -0.2) is 0 Å². The van der Waals surface area contributed by atoms with Gasteiger partial charge in [0, 0.05) is 0 Å². The molecule has 0 spiro atoms. The van der Waals surface area contributed by atoms with Gasteiger partial charge in [-0.1, -0.05) is 30.3 Å². The molecule has 1 aromatic carbocycles. The minimum absolute atomic E-state index is 0.0361. The molecule has 1 atom stereocenters. The molecule has 0 amide bonds. The average molecular weight is 278 g/mol. The van der Waals surface area contributed by atoms with Gasteiger partial charge < -0.3 is 9.84 Å². The van der Waals surface area contributed by atoms with Crippen LogP contribution in [0.1, 0.15) is 58.9 Å². The highest BCUT2D eigenvalue weighted by atomic mass is 16.6. The quantitative estimate of drug-likeness (QED) is 0.836. The average Bonchev–Trinajstić information content (AvgIpc) is 2.25. The lowest BCUT2D eigenvalue weighted by atomic mass is 9.85. The number of esters is 1. The van der Waals surface area contributed by atoms with Gasteiger partial charge in [-0.05, 0) is 52.5 Å². The predicted molar refractivity (Wildman–Crippen MR) is 80.6 cm³/mol. The molecule has 0 aromatic heterocycles. The number of ether oxygens (including phenoxy) is 1. The summed E-state index contributed by atoms with van der Waals surface area (Å²) in [6.07, 6.45) is 0.807. The molecule has 1 N–H and O–H groups in total. The van der Waals surface area contributed by atoms with E-state index >= 15 is 0 Å². The molecular weight excluding hydrogens is 252 g/mol. The smallest absolute Gasteiger partial charge is 0.306 e. The van der Waals surface area contributed by atoms with E-state index in [0.29, 0.717) is 6.42 Å². The second-order valence-electron chi connectivity index (χ2n) is 6.91. The molecule has 0 saturated heterocycles. The molecule has 0 bridgehead atoms. The van der Waals surface area contributed by atoms with Gasteiger partial charge in [0.25, 0.3) is 0 Å². The summed E-state index contributed by atoms with van der Waals surface area (Å²) in [4.78, 5) is 12.0. The van der Waals surface area contributed by atoms with E-state index in [1.54, 1.807) is 13.8 Å². The molecule has 20 heavy (non-hydrogen) atoms. The van der Waals surface area contributed by atoms with E-state index in [-0.39, 0.29) is 18.3 Å². The minimum atomic E-state index is -0.817. The Morgan fingerprint density at radius 1 is 1.15 bits per heavy atom. The van der Waals surface area contributed by atoms with Crippen molar-refractivity contribution in [1.29, 1.82) is 0 Å². The fourth-order valence-electron chi connectivity index (χ4n) is 2.22. The maximum Gasteiger partial charge on any atom is 0.306 e. The monoisotopic (exact) mass is 278 g/mol. The number of hydrogen-bond acceptors (Lipinski definition) is 3. The van der Waals surface area contributed by atoms with Crippen LogP contribution >= 0.6 is 0 Å². The first-order valence-electron chi connectivity index (χ1n) is 7.06. The lowest BCUT2D eigenvalue weighted by Crippen LogP contribution is -2.27. The van der Waals surface area contributed by atoms with Gasteiger partial charge in [0.2, 0.25) is 0 Å². The van der Waals surface area contributed by atoms with Gasteiger partial charge in [-0.3, -0.25) is 4.79 Å². The number of carbonyl (C=O) groups excluding carboxylic acids is 1. The van der Waals surface area contributed by atoms with Gasteiger partial charge in [0.15, 0.2) is 0 Å². The summed E-state index contributed by atoms with van der Waals surface area (Å²) in [5, 5.41) is 10.0. The molecule has 0 aliphatic carbocycles. The van der Waals surface area contributed by atoms with E-state index in [1.807, 2.05) is 51.1 Å². The van der Waals surface area contributed by atoms with Gasteiger partial charge in [0.05, 0.1) is 12.0 Å². The van der Waals surface area contributed by atoms with Gasteiger partial charge >= 0.3 is 5.97 Å². The molecule has 1 aromatic rings. The van der Waals surface area contributed by atoms with Crippen molar-refractivity contribution >= 4 is 5.97 Å². The lowest BCUT2D eigenvalue weighted by Gasteiger charge is -2.26. The number of hydrogen-bond donors (Lipinski definition) is 1. The third-order valence-corrected chi connectivity index (χ3v) is 2.85. The topological polar surface area (TPSA) is 46.5 Å². The SMILES string of the molecule is CC(C)(O)C[C@H](CC(=O)OC(C)(C)C)c1ccccc1. The molecule has 0 heterocycles. The summed E-state index contributed by atoms with van der Waals surface area (Å²) in [7, 11) is 0. The Labute approximate surface area is 122 Å². The molecular formula is C17H26O3. The predicted octanol–water partition coefficient (Wildman–Crippen LogP) is 3.66. The van der Waals surface area contributed by atoms with Crippen LogP contribution < -0.4 is 0 Å².